The molecule has 8 rings (SSSR count). The van der Waals surface area contributed by atoms with Crippen LogP contribution in [0.3, 0.4) is 0 Å². The van der Waals surface area contributed by atoms with E-state index >= 15 is 0 Å². The van der Waals surface area contributed by atoms with E-state index in [1.54, 1.807) is 30.3 Å². The Kier molecular flexibility index (Phi) is 15.2. The number of sulfonamides is 1. The summed E-state index contributed by atoms with van der Waals surface area (Å²) in [4.78, 5) is 55.3. The number of fused-ring (bicyclic) bond motifs is 3. The van der Waals surface area contributed by atoms with Gasteiger partial charge in [0.05, 0.1) is 28.8 Å². The number of benzene rings is 2. The topological polar surface area (TPSA) is 160 Å². The van der Waals surface area contributed by atoms with Crippen LogP contribution >= 0.6 is 11.3 Å². The summed E-state index contributed by atoms with van der Waals surface area (Å²) in [5.74, 6) is -0.0409. The first-order valence-electron chi connectivity index (χ1n) is 26.2. The smallest absolute Gasteiger partial charge is 0.259 e. The summed E-state index contributed by atoms with van der Waals surface area (Å²) in [7, 11) is -2.52. The number of allylic oxidation sites excluding steroid dienone is 1. The van der Waals surface area contributed by atoms with Crippen molar-refractivity contribution >= 4 is 55.7 Å². The maximum Gasteiger partial charge on any atom is 0.259 e. The number of methoxy groups -OCH3 is 1. The van der Waals surface area contributed by atoms with Gasteiger partial charge in [-0.2, -0.15) is 0 Å². The highest BCUT2D eigenvalue weighted by Crippen LogP contribution is 2.55. The number of aromatic nitrogens is 2. The first-order chi connectivity index (χ1) is 33.6. The fraction of sp³-hybridized carbons (Fsp3) is 0.596. The molecule has 2 aliphatic heterocycles. The largest absolute Gasteiger partial charge is 0.496 e. The van der Waals surface area contributed by atoms with Gasteiger partial charge in [-0.25, -0.2) is 18.4 Å². The maximum atomic E-state index is 14.6. The van der Waals surface area contributed by atoms with Crippen molar-refractivity contribution in [2.75, 3.05) is 19.0 Å². The molecular formula is C57H78N6O6S2. The summed E-state index contributed by atoms with van der Waals surface area (Å²) in [6.07, 6.45) is 11.3. The number of rotatable bonds is 14. The predicted octanol–water partition coefficient (Wildman–Crippen LogP) is 11.0. The molecule has 4 heterocycles. The first kappa shape index (κ1) is 52.5. The third-order valence-corrected chi connectivity index (χ3v) is 19.7. The number of nitrogens with one attached hydrogen (secondary N) is 3. The monoisotopic (exact) mass is 1010 g/mol. The maximum absolute atomic E-state index is 14.6. The molecule has 4 unspecified atom stereocenters. The van der Waals surface area contributed by atoms with Crippen molar-refractivity contribution in [1.82, 2.24) is 24.9 Å². The summed E-state index contributed by atoms with van der Waals surface area (Å²) < 4.78 is 36.4. The van der Waals surface area contributed by atoms with Gasteiger partial charge in [-0.05, 0) is 148 Å². The number of amides is 3. The summed E-state index contributed by atoms with van der Waals surface area (Å²) >= 11 is 1.60. The number of hydrogen-bond acceptors (Lipinski definition) is 10. The zero-order valence-electron chi connectivity index (χ0n) is 44.0. The van der Waals surface area contributed by atoms with Gasteiger partial charge in [0.2, 0.25) is 21.8 Å². The SMILES string of the molecule is COc1ccc2c(CC(CC3CC3(C)S(=O)(=O)NC(=O)[C@@]34C[C@H]3/C=C\CCCCC[C@H](Nc3cccc(C(C)(C)C)c3)C(=O)N3CCC[C@H]3C(=O)N4)C(C)C(C)C)cc(-c3nc(C(C)C)cs3)nc2c1C. The van der Waals surface area contributed by atoms with Crippen LogP contribution in [-0.2, 0) is 36.2 Å². The third-order valence-electron chi connectivity index (χ3n) is 16.6. The van der Waals surface area contributed by atoms with Crippen LogP contribution in [0.1, 0.15) is 155 Å². The lowest BCUT2D eigenvalue weighted by atomic mass is 9.77. The Labute approximate surface area is 427 Å². The molecule has 0 spiro atoms. The fourth-order valence-corrected chi connectivity index (χ4v) is 13.7. The van der Waals surface area contributed by atoms with E-state index in [0.717, 1.165) is 81.1 Å². The van der Waals surface area contributed by atoms with Crippen molar-refractivity contribution in [3.05, 3.63) is 82.4 Å². The average molecular weight is 1010 g/mol. The Hall–Kier alpha value is -4.82. The highest BCUT2D eigenvalue weighted by atomic mass is 32.2. The minimum Gasteiger partial charge on any atom is -0.496 e. The number of aryl methyl sites for hydroxylation is 1. The zero-order chi connectivity index (χ0) is 51.2. The summed E-state index contributed by atoms with van der Waals surface area (Å²) in [5, 5.41) is 10.6. The summed E-state index contributed by atoms with van der Waals surface area (Å²) in [6, 6.07) is 13.2. The van der Waals surface area contributed by atoms with E-state index in [2.05, 4.69) is 106 Å². The summed E-state index contributed by atoms with van der Waals surface area (Å²) in [5.41, 5.74) is 5.34. The Bertz CT molecular complexity index is 2780. The molecule has 0 bridgehead atoms. The highest BCUT2D eigenvalue weighted by Gasteiger charge is 2.65. The Morgan fingerprint density at radius 1 is 1.00 bits per heavy atom. The number of hydrogen-bond donors (Lipinski definition) is 3. The Balaban J connectivity index is 1.01. The van der Waals surface area contributed by atoms with Crippen LogP contribution in [-0.4, -0.2) is 77.0 Å². The van der Waals surface area contributed by atoms with E-state index in [1.165, 1.54) is 0 Å². The van der Waals surface area contributed by atoms with Gasteiger partial charge in [0.15, 0.2) is 0 Å². The van der Waals surface area contributed by atoms with Gasteiger partial charge in [0, 0.05) is 34.5 Å². The number of carbonyl (C=O) groups is 3. The number of pyridine rings is 1. The molecule has 3 N–H and O–H groups in total. The molecule has 2 saturated carbocycles. The van der Waals surface area contributed by atoms with Crippen LogP contribution in [0.2, 0.25) is 0 Å². The minimum atomic E-state index is -4.19. The number of anilines is 1. The van der Waals surface area contributed by atoms with Crippen LogP contribution in [0, 0.1) is 36.5 Å². The fourth-order valence-electron chi connectivity index (χ4n) is 11.1. The molecule has 4 aliphatic rings. The minimum absolute atomic E-state index is 0.0661. The molecule has 3 fully saturated rings. The van der Waals surface area contributed by atoms with E-state index in [9.17, 15) is 22.8 Å². The lowest BCUT2D eigenvalue weighted by molar-refractivity contribution is -0.140. The molecule has 1 saturated heterocycles. The molecule has 4 aromatic rings. The Morgan fingerprint density at radius 3 is 2.48 bits per heavy atom. The van der Waals surface area contributed by atoms with E-state index in [1.807, 2.05) is 31.2 Å². The predicted molar refractivity (Wildman–Crippen MR) is 286 cm³/mol. The van der Waals surface area contributed by atoms with Crippen molar-refractivity contribution in [2.45, 2.75) is 174 Å². The van der Waals surface area contributed by atoms with Crippen molar-refractivity contribution in [3.8, 4) is 16.5 Å². The molecule has 71 heavy (non-hydrogen) atoms. The molecule has 12 nitrogen and oxygen atoms in total. The second-order valence-electron chi connectivity index (χ2n) is 23.2. The molecule has 2 aromatic carbocycles. The van der Waals surface area contributed by atoms with Crippen LogP contribution < -0.4 is 20.1 Å². The van der Waals surface area contributed by atoms with Gasteiger partial charge < -0.3 is 20.3 Å². The van der Waals surface area contributed by atoms with E-state index < -0.39 is 44.2 Å². The van der Waals surface area contributed by atoms with E-state index in [4.69, 9.17) is 14.7 Å². The van der Waals surface area contributed by atoms with Gasteiger partial charge >= 0.3 is 0 Å². The standard InChI is InChI=1S/C57H78N6O6S2/c1-34(2)36(5)38(27-39-29-46(52-60-47(33-70-52)35(3)4)59-50-37(6)49(69-11)25-24-44(39)50)28-42-31-56(42,10)71(67,68)62-54(66)57-32-41(57)19-15-13-12-14-16-22-45(53(65)63-26-18-23-48(63)51(64)61-57)58-43-21-17-20-40(30-43)55(7,8)9/h15,17,19-21,24-25,29-30,33-36,38,41-42,45,48,58H,12-14,16,18,22-23,26-28,31-32H2,1-11H3,(H,61,64)(H,62,66)/b19-15-/t36?,38?,41-,42?,45+,48+,56?,57-/m1/s1. The van der Waals surface area contributed by atoms with Gasteiger partial charge in [0.1, 0.15) is 28.4 Å². The molecule has 2 aromatic heterocycles. The van der Waals surface area contributed by atoms with Crippen molar-refractivity contribution in [1.29, 1.82) is 0 Å². The van der Waals surface area contributed by atoms with Gasteiger partial charge in [0.25, 0.3) is 5.91 Å². The second kappa shape index (κ2) is 20.6. The third kappa shape index (κ3) is 10.9. The average Bonchev–Trinajstić information content (AvgIpc) is 3.95. The van der Waals surface area contributed by atoms with E-state index in [-0.39, 0.29) is 47.3 Å². The van der Waals surface area contributed by atoms with Crippen LogP contribution in [0.5, 0.6) is 5.75 Å². The molecule has 2 aliphatic carbocycles. The lowest BCUT2D eigenvalue weighted by Gasteiger charge is -2.31. The van der Waals surface area contributed by atoms with E-state index in [0.29, 0.717) is 51.0 Å². The van der Waals surface area contributed by atoms with Crippen molar-refractivity contribution in [2.24, 2.45) is 29.6 Å². The van der Waals surface area contributed by atoms with Crippen molar-refractivity contribution in [3.63, 3.8) is 0 Å². The quantitative estimate of drug-likeness (QED) is 0.105. The molecule has 8 atom stereocenters. The number of carbonyl (C=O) groups excluding carboxylic acids is 3. The second-order valence-corrected chi connectivity index (χ2v) is 26.2. The molecular weight excluding hydrogens is 929 g/mol. The first-order valence-corrected chi connectivity index (χ1v) is 28.6. The lowest BCUT2D eigenvalue weighted by Crippen LogP contribution is -2.58. The molecule has 384 valence electrons. The number of nitrogens with zero attached hydrogens (tertiary/aromatic N) is 3. The normalized spacial score (nSPS) is 26.5. The van der Waals surface area contributed by atoms with Gasteiger partial charge in [-0.3, -0.25) is 19.1 Å². The van der Waals surface area contributed by atoms with Crippen LogP contribution in [0.4, 0.5) is 5.69 Å². The number of thiazole rings is 1. The Morgan fingerprint density at radius 2 is 1.77 bits per heavy atom. The van der Waals surface area contributed by atoms with Crippen LogP contribution in [0.15, 0.2) is 60.0 Å². The molecule has 14 heteroatoms. The van der Waals surface area contributed by atoms with Crippen molar-refractivity contribution < 1.29 is 27.5 Å². The molecule has 0 radical (unpaired) electrons. The number of ether oxygens (including phenoxy) is 1. The highest BCUT2D eigenvalue weighted by molar-refractivity contribution is 7.91. The molecule has 3 amide bonds. The van der Waals surface area contributed by atoms with Gasteiger partial charge in [-0.15, -0.1) is 11.3 Å². The van der Waals surface area contributed by atoms with Gasteiger partial charge in [-0.1, -0.05) is 92.5 Å². The summed E-state index contributed by atoms with van der Waals surface area (Å²) in [6.45, 7) is 21.7. The zero-order valence-corrected chi connectivity index (χ0v) is 45.6. The van der Waals surface area contributed by atoms with Crippen LogP contribution in [0.25, 0.3) is 21.6 Å².